The van der Waals surface area contributed by atoms with Crippen molar-refractivity contribution in [2.75, 3.05) is 33.4 Å². The standard InChI is InChI=1S/C18H29N3O3.HI/c1-18(2)15(14-7-11-24-16(14)18)21-17(20-9-12-22-3)19-8-6-13-5-4-10-23-13;/h4-5,10,14-16H,6-9,11-12H2,1-3H3,(H2,19,20,21);1H. The highest BCUT2D eigenvalue weighted by Gasteiger charge is 2.59. The normalized spacial score (nSPS) is 27.2. The number of fused-ring (bicyclic) bond motifs is 1. The Morgan fingerprint density at radius 1 is 1.44 bits per heavy atom. The molecule has 7 heteroatoms. The van der Waals surface area contributed by atoms with Crippen LogP contribution in [0.1, 0.15) is 26.0 Å². The minimum atomic E-state index is 0. The number of nitrogens with zero attached hydrogens (tertiary/aromatic N) is 1. The van der Waals surface area contributed by atoms with Gasteiger partial charge in [-0.05, 0) is 18.6 Å². The second-order valence-electron chi connectivity index (χ2n) is 7.17. The van der Waals surface area contributed by atoms with Gasteiger partial charge in [0.1, 0.15) is 5.76 Å². The molecule has 0 spiro atoms. The number of guanidine groups is 1. The highest BCUT2D eigenvalue weighted by Crippen LogP contribution is 2.52. The number of halogens is 1. The van der Waals surface area contributed by atoms with Crippen molar-refractivity contribution in [3.63, 3.8) is 0 Å². The first kappa shape index (κ1) is 20.5. The molecule has 3 unspecified atom stereocenters. The van der Waals surface area contributed by atoms with Crippen LogP contribution in [-0.4, -0.2) is 51.5 Å². The second-order valence-corrected chi connectivity index (χ2v) is 7.17. The summed E-state index contributed by atoms with van der Waals surface area (Å²) in [7, 11) is 1.70. The molecule has 1 saturated carbocycles. The van der Waals surface area contributed by atoms with E-state index in [1.807, 2.05) is 12.1 Å². The highest BCUT2D eigenvalue weighted by molar-refractivity contribution is 14.0. The Morgan fingerprint density at radius 3 is 3.00 bits per heavy atom. The van der Waals surface area contributed by atoms with Gasteiger partial charge in [-0.1, -0.05) is 13.8 Å². The summed E-state index contributed by atoms with van der Waals surface area (Å²) in [5.74, 6) is 2.41. The molecule has 2 aliphatic rings. The maximum atomic E-state index is 5.87. The lowest BCUT2D eigenvalue weighted by molar-refractivity contribution is -0.106. The second kappa shape index (κ2) is 9.23. The third kappa shape index (κ3) is 4.68. The molecule has 0 radical (unpaired) electrons. The van der Waals surface area contributed by atoms with Gasteiger partial charge in [-0.2, -0.15) is 0 Å². The molecular weight excluding hydrogens is 433 g/mol. The quantitative estimate of drug-likeness (QED) is 0.282. The van der Waals surface area contributed by atoms with E-state index < -0.39 is 0 Å². The first-order valence-corrected chi connectivity index (χ1v) is 8.80. The lowest BCUT2D eigenvalue weighted by Crippen LogP contribution is -2.68. The van der Waals surface area contributed by atoms with E-state index in [-0.39, 0.29) is 29.4 Å². The zero-order chi connectivity index (χ0) is 17.0. The first-order chi connectivity index (χ1) is 11.6. The molecule has 2 fully saturated rings. The number of hydrogen-bond donors (Lipinski definition) is 2. The molecule has 142 valence electrons. The molecule has 2 heterocycles. The Hall–Kier alpha value is -0.800. The number of hydrogen-bond acceptors (Lipinski definition) is 4. The summed E-state index contributed by atoms with van der Waals surface area (Å²) < 4.78 is 16.4. The molecule has 1 aliphatic carbocycles. The Morgan fingerprint density at radius 2 is 2.28 bits per heavy atom. The number of methoxy groups -OCH3 is 1. The van der Waals surface area contributed by atoms with Gasteiger partial charge in [0, 0.05) is 44.1 Å². The summed E-state index contributed by atoms with van der Waals surface area (Å²) in [6.45, 7) is 7.46. The van der Waals surface area contributed by atoms with Crippen molar-refractivity contribution in [2.24, 2.45) is 16.3 Å². The summed E-state index contributed by atoms with van der Waals surface area (Å²) in [4.78, 5) is 4.63. The fraction of sp³-hybridized carbons (Fsp3) is 0.722. The molecule has 1 aromatic rings. The van der Waals surface area contributed by atoms with Crippen LogP contribution in [0.25, 0.3) is 0 Å². The van der Waals surface area contributed by atoms with Crippen LogP contribution in [0.15, 0.2) is 27.8 Å². The third-order valence-corrected chi connectivity index (χ3v) is 5.20. The Labute approximate surface area is 167 Å². The van der Waals surface area contributed by atoms with Crippen molar-refractivity contribution < 1.29 is 13.9 Å². The Balaban J connectivity index is 0.00000225. The fourth-order valence-electron chi connectivity index (χ4n) is 3.92. The molecule has 0 aromatic carbocycles. The average Bonchev–Trinajstić information content (AvgIpc) is 3.22. The number of furan rings is 1. The molecule has 0 bridgehead atoms. The summed E-state index contributed by atoms with van der Waals surface area (Å²) in [5, 5.41) is 7.04. The van der Waals surface area contributed by atoms with Crippen molar-refractivity contribution in [3.8, 4) is 0 Å². The van der Waals surface area contributed by atoms with Gasteiger partial charge in [0.25, 0.3) is 0 Å². The average molecular weight is 463 g/mol. The van der Waals surface area contributed by atoms with Crippen molar-refractivity contribution in [2.45, 2.75) is 38.8 Å². The third-order valence-electron chi connectivity index (χ3n) is 5.20. The molecule has 1 aromatic heterocycles. The smallest absolute Gasteiger partial charge is 0.191 e. The Kier molecular flexibility index (Phi) is 7.57. The van der Waals surface area contributed by atoms with Crippen molar-refractivity contribution in [1.82, 2.24) is 10.6 Å². The molecule has 3 atom stereocenters. The van der Waals surface area contributed by atoms with E-state index in [1.54, 1.807) is 13.4 Å². The van der Waals surface area contributed by atoms with Gasteiger partial charge in [-0.3, -0.25) is 4.99 Å². The lowest BCUT2D eigenvalue weighted by atomic mass is 9.57. The molecule has 3 rings (SSSR count). The molecule has 6 nitrogen and oxygen atoms in total. The zero-order valence-electron chi connectivity index (χ0n) is 15.3. The van der Waals surface area contributed by atoms with E-state index in [1.165, 1.54) is 0 Å². The first-order valence-electron chi connectivity index (χ1n) is 8.80. The number of rotatable bonds is 7. The number of ether oxygens (including phenoxy) is 2. The predicted octanol–water partition coefficient (Wildman–Crippen LogP) is 2.44. The summed E-state index contributed by atoms with van der Waals surface area (Å²) >= 11 is 0. The van der Waals surface area contributed by atoms with Crippen LogP contribution in [0, 0.1) is 11.3 Å². The summed E-state index contributed by atoms with van der Waals surface area (Å²) in [5.41, 5.74) is 0.131. The minimum Gasteiger partial charge on any atom is -0.469 e. The van der Waals surface area contributed by atoms with E-state index in [0.29, 0.717) is 31.2 Å². The molecule has 2 N–H and O–H groups in total. The van der Waals surface area contributed by atoms with Crippen LogP contribution in [0.4, 0.5) is 0 Å². The van der Waals surface area contributed by atoms with E-state index in [9.17, 15) is 0 Å². The van der Waals surface area contributed by atoms with Gasteiger partial charge in [0.05, 0.1) is 25.5 Å². The largest absolute Gasteiger partial charge is 0.469 e. The molecule has 25 heavy (non-hydrogen) atoms. The van der Waals surface area contributed by atoms with Crippen LogP contribution in [-0.2, 0) is 15.9 Å². The maximum Gasteiger partial charge on any atom is 0.191 e. The topological polar surface area (TPSA) is 68.0 Å². The predicted molar refractivity (Wildman–Crippen MR) is 109 cm³/mol. The minimum absolute atomic E-state index is 0. The fourth-order valence-corrected chi connectivity index (χ4v) is 3.92. The van der Waals surface area contributed by atoms with Crippen molar-refractivity contribution in [3.05, 3.63) is 24.2 Å². The lowest BCUT2D eigenvalue weighted by Gasteiger charge is -2.54. The molecular formula is C18H30IN3O3. The monoisotopic (exact) mass is 463 g/mol. The van der Waals surface area contributed by atoms with E-state index in [2.05, 4.69) is 29.5 Å². The maximum absolute atomic E-state index is 5.87. The van der Waals surface area contributed by atoms with Crippen LogP contribution in [0.2, 0.25) is 0 Å². The summed E-state index contributed by atoms with van der Waals surface area (Å²) in [6.07, 6.45) is 4.04. The number of nitrogens with one attached hydrogen (secondary N) is 2. The highest BCUT2D eigenvalue weighted by atomic mass is 127. The van der Waals surface area contributed by atoms with Crippen molar-refractivity contribution >= 4 is 29.9 Å². The van der Waals surface area contributed by atoms with Gasteiger partial charge in [-0.25, -0.2) is 0 Å². The van der Waals surface area contributed by atoms with Crippen LogP contribution < -0.4 is 10.6 Å². The van der Waals surface area contributed by atoms with E-state index in [0.717, 1.165) is 37.7 Å². The van der Waals surface area contributed by atoms with Gasteiger partial charge in [-0.15, -0.1) is 24.0 Å². The van der Waals surface area contributed by atoms with Gasteiger partial charge in [0.2, 0.25) is 0 Å². The number of aliphatic imine (C=N–C) groups is 1. The van der Waals surface area contributed by atoms with Gasteiger partial charge in [0.15, 0.2) is 5.96 Å². The van der Waals surface area contributed by atoms with E-state index in [4.69, 9.17) is 13.9 Å². The van der Waals surface area contributed by atoms with E-state index >= 15 is 0 Å². The van der Waals surface area contributed by atoms with Crippen LogP contribution in [0.5, 0.6) is 0 Å². The molecule has 1 aliphatic heterocycles. The van der Waals surface area contributed by atoms with Crippen LogP contribution >= 0.6 is 24.0 Å². The SMILES string of the molecule is COCCN=C(NCCc1ccco1)NC1C2CCOC2C1(C)C.I. The van der Waals surface area contributed by atoms with Crippen LogP contribution in [0.3, 0.4) is 0 Å². The van der Waals surface area contributed by atoms with Gasteiger partial charge < -0.3 is 24.5 Å². The Bertz CT molecular complexity index is 548. The summed E-state index contributed by atoms with van der Waals surface area (Å²) in [6, 6.07) is 4.30. The molecule has 1 saturated heterocycles. The zero-order valence-corrected chi connectivity index (χ0v) is 17.6. The van der Waals surface area contributed by atoms with Crippen molar-refractivity contribution in [1.29, 1.82) is 0 Å². The van der Waals surface area contributed by atoms with Gasteiger partial charge >= 0.3 is 0 Å². The molecule has 0 amide bonds.